The molecule has 1 saturated carbocycles. The van der Waals surface area contributed by atoms with Gasteiger partial charge in [0, 0.05) is 0 Å². The van der Waals surface area contributed by atoms with Crippen LogP contribution in [0, 0.1) is 0 Å². The Bertz CT molecular complexity index is 139. The smallest absolute Gasteiger partial charge is 0.239 e. The first-order valence-corrected chi connectivity index (χ1v) is 3.11. The van der Waals surface area contributed by atoms with Gasteiger partial charge < -0.3 is 0 Å². The number of hydrogen-bond donors (Lipinski definition) is 0. The topological polar surface area (TPSA) is 0 Å². The van der Waals surface area contributed by atoms with Crippen LogP contribution in [-0.2, 0) is 0 Å². The summed E-state index contributed by atoms with van der Waals surface area (Å²) in [7, 11) is 0. The normalized spacial score (nSPS) is 61.8. The maximum absolute atomic E-state index is 12.3. The summed E-state index contributed by atoms with van der Waals surface area (Å²) in [5, 5.41) is -6.85. The van der Waals surface area contributed by atoms with E-state index in [9.17, 15) is 17.6 Å². The van der Waals surface area contributed by atoms with E-state index in [1.807, 2.05) is 0 Å². The molecule has 0 radical (unpaired) electrons. The van der Waals surface area contributed by atoms with Gasteiger partial charge in [0.05, 0.1) is 0 Å². The average molecular weight is 197 g/mol. The molecular formula is C4H2Cl2F4. The fraction of sp³-hybridized carbons (Fsp3) is 1.00. The molecule has 0 nitrogen and oxygen atoms in total. The highest BCUT2D eigenvalue weighted by Crippen LogP contribution is 2.57. The van der Waals surface area contributed by atoms with E-state index in [2.05, 4.69) is 23.2 Å². The lowest BCUT2D eigenvalue weighted by molar-refractivity contribution is -0.149. The first-order chi connectivity index (χ1) is 4.32. The van der Waals surface area contributed by atoms with Crippen LogP contribution in [0.3, 0.4) is 0 Å². The summed E-state index contributed by atoms with van der Waals surface area (Å²) in [6.07, 6.45) is -5.37. The SMILES string of the molecule is FC1C(F)C(F)(Cl)C1(F)Cl. The van der Waals surface area contributed by atoms with Crippen LogP contribution in [0.2, 0.25) is 0 Å². The van der Waals surface area contributed by atoms with Crippen molar-refractivity contribution in [1.82, 2.24) is 0 Å². The van der Waals surface area contributed by atoms with Crippen LogP contribution in [0.25, 0.3) is 0 Å². The molecule has 1 aliphatic carbocycles. The van der Waals surface area contributed by atoms with Crippen molar-refractivity contribution in [2.45, 2.75) is 22.6 Å². The van der Waals surface area contributed by atoms with Gasteiger partial charge in [-0.25, -0.2) is 17.6 Å². The van der Waals surface area contributed by atoms with Crippen molar-refractivity contribution in [2.24, 2.45) is 0 Å². The van der Waals surface area contributed by atoms with E-state index < -0.39 is 22.6 Å². The van der Waals surface area contributed by atoms with Gasteiger partial charge in [0.1, 0.15) is 0 Å². The number of halogens is 6. The first kappa shape index (κ1) is 8.40. The third kappa shape index (κ3) is 0.691. The minimum Gasteiger partial charge on any atom is -0.239 e. The monoisotopic (exact) mass is 196 g/mol. The van der Waals surface area contributed by atoms with E-state index in [4.69, 9.17) is 0 Å². The minimum absolute atomic E-state index is 2.68. The zero-order valence-electron chi connectivity index (χ0n) is 4.42. The lowest BCUT2D eigenvalue weighted by Crippen LogP contribution is -2.68. The maximum Gasteiger partial charge on any atom is 0.268 e. The van der Waals surface area contributed by atoms with Crippen molar-refractivity contribution in [3.8, 4) is 0 Å². The molecular weight excluding hydrogens is 195 g/mol. The van der Waals surface area contributed by atoms with E-state index in [-0.39, 0.29) is 0 Å². The molecule has 0 heterocycles. The maximum atomic E-state index is 12.3. The molecule has 4 unspecified atom stereocenters. The summed E-state index contributed by atoms with van der Waals surface area (Å²) in [6, 6.07) is 0. The van der Waals surface area contributed by atoms with Crippen LogP contribution >= 0.6 is 23.2 Å². The molecule has 4 atom stereocenters. The van der Waals surface area contributed by atoms with E-state index in [1.54, 1.807) is 0 Å². The molecule has 0 aromatic carbocycles. The second-order valence-corrected chi connectivity index (χ2v) is 3.15. The highest BCUT2D eigenvalue weighted by atomic mass is 35.5. The van der Waals surface area contributed by atoms with Crippen molar-refractivity contribution in [1.29, 1.82) is 0 Å². The molecule has 0 aromatic rings. The van der Waals surface area contributed by atoms with Crippen LogP contribution in [-0.4, -0.2) is 22.6 Å². The van der Waals surface area contributed by atoms with Crippen molar-refractivity contribution in [3.63, 3.8) is 0 Å². The van der Waals surface area contributed by atoms with E-state index in [0.717, 1.165) is 0 Å². The van der Waals surface area contributed by atoms with Crippen molar-refractivity contribution in [3.05, 3.63) is 0 Å². The Labute approximate surface area is 64.1 Å². The predicted octanol–water partition coefficient (Wildman–Crippen LogP) is 2.49. The number of hydrogen-bond acceptors (Lipinski definition) is 0. The van der Waals surface area contributed by atoms with Gasteiger partial charge in [-0.1, -0.05) is 23.2 Å². The molecule has 0 aromatic heterocycles. The Morgan fingerprint density at radius 3 is 1.20 bits per heavy atom. The molecule has 1 aliphatic rings. The summed E-state index contributed by atoms with van der Waals surface area (Å²) < 4.78 is 48.5. The van der Waals surface area contributed by atoms with Crippen molar-refractivity contribution >= 4 is 23.2 Å². The van der Waals surface area contributed by atoms with Crippen LogP contribution in [0.5, 0.6) is 0 Å². The van der Waals surface area contributed by atoms with Crippen LogP contribution in [0.15, 0.2) is 0 Å². The van der Waals surface area contributed by atoms with Gasteiger partial charge in [-0.15, -0.1) is 0 Å². The molecule has 60 valence electrons. The third-order valence-corrected chi connectivity index (χ3v) is 2.46. The quantitative estimate of drug-likeness (QED) is 0.413. The largest absolute Gasteiger partial charge is 0.268 e. The molecule has 10 heavy (non-hydrogen) atoms. The van der Waals surface area contributed by atoms with Gasteiger partial charge in [-0.05, 0) is 0 Å². The van der Waals surface area contributed by atoms with Crippen LogP contribution < -0.4 is 0 Å². The van der Waals surface area contributed by atoms with Gasteiger partial charge in [0.15, 0.2) is 12.3 Å². The molecule has 1 rings (SSSR count). The van der Waals surface area contributed by atoms with Crippen LogP contribution in [0.4, 0.5) is 17.6 Å². The summed E-state index contributed by atoms with van der Waals surface area (Å²) >= 11 is 9.11. The molecule has 0 aliphatic heterocycles. The Morgan fingerprint density at radius 2 is 1.10 bits per heavy atom. The summed E-state index contributed by atoms with van der Waals surface area (Å²) in [4.78, 5) is 0. The first-order valence-electron chi connectivity index (χ1n) is 2.35. The zero-order valence-corrected chi connectivity index (χ0v) is 5.93. The molecule has 1 fully saturated rings. The molecule has 0 amide bonds. The lowest BCUT2D eigenvalue weighted by Gasteiger charge is -2.45. The zero-order chi connectivity index (χ0) is 8.15. The van der Waals surface area contributed by atoms with Crippen LogP contribution in [0.1, 0.15) is 0 Å². The van der Waals surface area contributed by atoms with Gasteiger partial charge in [0.2, 0.25) is 0 Å². The number of rotatable bonds is 0. The van der Waals surface area contributed by atoms with Crippen molar-refractivity contribution < 1.29 is 17.6 Å². The fourth-order valence-corrected chi connectivity index (χ4v) is 1.07. The highest BCUT2D eigenvalue weighted by molar-refractivity contribution is 6.35. The Balaban J connectivity index is 2.82. The summed E-state index contributed by atoms with van der Waals surface area (Å²) in [6.45, 7) is 0. The molecule has 0 spiro atoms. The fourth-order valence-electron chi connectivity index (χ4n) is 0.639. The molecule has 0 N–H and O–H groups in total. The standard InChI is InChI=1S/C4H2Cl2F4/c5-3(9)1(7)2(8)4(3,6)10/h1-2H. The lowest BCUT2D eigenvalue weighted by atomic mass is 9.88. The minimum atomic E-state index is -3.42. The van der Waals surface area contributed by atoms with E-state index in [0.29, 0.717) is 0 Å². The average Bonchev–Trinajstić information content (AvgIpc) is 1.84. The molecule has 0 bridgehead atoms. The Kier molecular flexibility index (Phi) is 1.61. The van der Waals surface area contributed by atoms with E-state index >= 15 is 0 Å². The Morgan fingerprint density at radius 1 is 0.900 bits per heavy atom. The second kappa shape index (κ2) is 1.91. The third-order valence-electron chi connectivity index (χ3n) is 1.39. The number of alkyl halides is 6. The van der Waals surface area contributed by atoms with E-state index in [1.165, 1.54) is 0 Å². The van der Waals surface area contributed by atoms with Gasteiger partial charge >= 0.3 is 0 Å². The van der Waals surface area contributed by atoms with Gasteiger partial charge in [-0.3, -0.25) is 0 Å². The predicted molar refractivity (Wildman–Crippen MR) is 29.2 cm³/mol. The van der Waals surface area contributed by atoms with Gasteiger partial charge in [-0.2, -0.15) is 0 Å². The van der Waals surface area contributed by atoms with Crippen molar-refractivity contribution in [2.75, 3.05) is 0 Å². The Hall–Kier alpha value is 0.300. The highest BCUT2D eigenvalue weighted by Gasteiger charge is 2.77. The summed E-state index contributed by atoms with van der Waals surface area (Å²) in [5.41, 5.74) is 0. The molecule has 0 saturated heterocycles. The summed E-state index contributed by atoms with van der Waals surface area (Å²) in [5.74, 6) is 0. The van der Waals surface area contributed by atoms with Gasteiger partial charge in [0.25, 0.3) is 10.3 Å². The second-order valence-electron chi connectivity index (χ2n) is 2.05. The molecule has 6 heteroatoms.